The normalized spacial score (nSPS) is 14.3. The van der Waals surface area contributed by atoms with Crippen LogP contribution >= 0.6 is 0 Å². The monoisotopic (exact) mass is 270 g/mol. The number of carbonyl (C=O) groups excluding carboxylic acids is 1. The molecule has 0 aromatic carbocycles. The summed E-state index contributed by atoms with van der Waals surface area (Å²) in [5.41, 5.74) is 4.94. The van der Waals surface area contributed by atoms with E-state index in [9.17, 15) is 18.0 Å². The molecule has 0 heterocycles. The van der Waals surface area contributed by atoms with E-state index < -0.39 is 30.4 Å². The molecule has 18 heavy (non-hydrogen) atoms. The van der Waals surface area contributed by atoms with Crippen LogP contribution in [0.4, 0.5) is 13.2 Å². The Hall–Kier alpha value is -1.51. The minimum atomic E-state index is -4.64. The lowest BCUT2D eigenvalue weighted by Gasteiger charge is -2.19. The molecule has 0 aromatic heterocycles. The van der Waals surface area contributed by atoms with E-state index in [4.69, 9.17) is 10.9 Å². The highest BCUT2D eigenvalue weighted by Crippen LogP contribution is 2.25. The number of halogens is 3. The van der Waals surface area contributed by atoms with Crippen LogP contribution in [0.1, 0.15) is 13.3 Å². The fraction of sp³-hybridized carbons (Fsp3) is 0.778. The lowest BCUT2D eigenvalue weighted by molar-refractivity contribution is -0.155. The van der Waals surface area contributed by atoms with Gasteiger partial charge in [-0.15, -0.1) is 0 Å². The molecule has 0 aliphatic rings. The van der Waals surface area contributed by atoms with Gasteiger partial charge in [-0.2, -0.15) is 13.2 Å². The molecule has 0 aromatic rings. The Morgan fingerprint density at radius 2 is 2.11 bits per heavy atom. The number of amidine groups is 1. The number of nitrogens with zero attached hydrogens (tertiary/aromatic N) is 1. The molecule has 0 fully saturated rings. The molecule has 1 amide bonds. The number of hydrogen-bond donors (Lipinski definition) is 4. The Balaban J connectivity index is 4.18. The van der Waals surface area contributed by atoms with Crippen LogP contribution in [0.25, 0.3) is 0 Å². The van der Waals surface area contributed by atoms with Gasteiger partial charge in [0.2, 0.25) is 5.91 Å². The van der Waals surface area contributed by atoms with Gasteiger partial charge in [0.1, 0.15) is 5.92 Å². The zero-order valence-electron chi connectivity index (χ0n) is 9.92. The number of carbonyl (C=O) groups is 1. The van der Waals surface area contributed by atoms with Crippen LogP contribution in [0.5, 0.6) is 0 Å². The third-order valence-corrected chi connectivity index (χ3v) is 2.07. The number of oxime groups is 1. The lowest BCUT2D eigenvalue weighted by Crippen LogP contribution is -2.45. The average Bonchev–Trinajstić information content (AvgIpc) is 2.29. The van der Waals surface area contributed by atoms with Crippen LogP contribution in [0.15, 0.2) is 5.16 Å². The van der Waals surface area contributed by atoms with E-state index in [-0.39, 0.29) is 6.54 Å². The highest BCUT2D eigenvalue weighted by molar-refractivity contribution is 5.83. The molecule has 1 atom stereocenters. The van der Waals surface area contributed by atoms with Crippen molar-refractivity contribution in [3.63, 3.8) is 0 Å². The van der Waals surface area contributed by atoms with Gasteiger partial charge >= 0.3 is 6.18 Å². The maximum atomic E-state index is 12.5. The van der Waals surface area contributed by atoms with E-state index in [1.807, 2.05) is 6.92 Å². The SMILES string of the molecule is CCCNC(=O)CNCC(C(N)=NO)C(F)(F)F. The van der Waals surface area contributed by atoms with Crippen LogP contribution in [-0.4, -0.2) is 42.8 Å². The molecule has 5 N–H and O–H groups in total. The van der Waals surface area contributed by atoms with E-state index in [0.29, 0.717) is 6.54 Å². The number of rotatable bonds is 7. The average molecular weight is 270 g/mol. The molecular formula is C9H17F3N4O2. The Bertz CT molecular complexity index is 294. The van der Waals surface area contributed by atoms with Gasteiger partial charge < -0.3 is 21.6 Å². The maximum absolute atomic E-state index is 12.5. The largest absolute Gasteiger partial charge is 0.409 e. The summed E-state index contributed by atoms with van der Waals surface area (Å²) in [6.07, 6.45) is -3.90. The smallest absolute Gasteiger partial charge is 0.400 e. The summed E-state index contributed by atoms with van der Waals surface area (Å²) >= 11 is 0. The lowest BCUT2D eigenvalue weighted by atomic mass is 10.1. The first-order chi connectivity index (χ1) is 8.32. The zero-order chi connectivity index (χ0) is 14.2. The quantitative estimate of drug-likeness (QED) is 0.227. The van der Waals surface area contributed by atoms with Gasteiger partial charge in [0, 0.05) is 13.1 Å². The van der Waals surface area contributed by atoms with Crippen molar-refractivity contribution in [1.82, 2.24) is 10.6 Å². The molecule has 0 radical (unpaired) electrons. The minimum absolute atomic E-state index is 0.259. The Morgan fingerprint density at radius 1 is 1.50 bits per heavy atom. The highest BCUT2D eigenvalue weighted by Gasteiger charge is 2.42. The second-order valence-electron chi connectivity index (χ2n) is 3.60. The Morgan fingerprint density at radius 3 is 2.56 bits per heavy atom. The standard InChI is InChI=1S/C9H17F3N4O2/c1-2-3-15-7(17)5-14-4-6(8(13)16-18)9(10,11)12/h6,14,18H,2-5H2,1H3,(H2,13,16)(H,15,17). The van der Waals surface area contributed by atoms with Crippen LogP contribution in [0, 0.1) is 5.92 Å². The van der Waals surface area contributed by atoms with E-state index in [1.165, 1.54) is 0 Å². The fourth-order valence-electron chi connectivity index (χ4n) is 1.11. The number of alkyl halides is 3. The van der Waals surface area contributed by atoms with Crippen LogP contribution in [0.3, 0.4) is 0 Å². The van der Waals surface area contributed by atoms with E-state index in [2.05, 4.69) is 15.8 Å². The first-order valence-electron chi connectivity index (χ1n) is 5.34. The predicted octanol–water partition coefficient (Wildman–Crippen LogP) is 0.0271. The predicted molar refractivity (Wildman–Crippen MR) is 59.1 cm³/mol. The summed E-state index contributed by atoms with van der Waals surface area (Å²) in [5, 5.41) is 15.4. The van der Waals surface area contributed by atoms with Crippen molar-refractivity contribution < 1.29 is 23.2 Å². The fourth-order valence-corrected chi connectivity index (χ4v) is 1.11. The van der Waals surface area contributed by atoms with Crippen molar-refractivity contribution in [2.75, 3.05) is 19.6 Å². The van der Waals surface area contributed by atoms with Crippen molar-refractivity contribution in [3.05, 3.63) is 0 Å². The molecule has 6 nitrogen and oxygen atoms in total. The van der Waals surface area contributed by atoms with Gasteiger partial charge in [-0.25, -0.2) is 0 Å². The van der Waals surface area contributed by atoms with Gasteiger partial charge in [-0.05, 0) is 6.42 Å². The van der Waals surface area contributed by atoms with Gasteiger partial charge in [-0.3, -0.25) is 4.79 Å². The Kier molecular flexibility index (Phi) is 7.10. The summed E-state index contributed by atoms with van der Waals surface area (Å²) < 4.78 is 37.4. The molecule has 0 rings (SSSR count). The third-order valence-electron chi connectivity index (χ3n) is 2.07. The minimum Gasteiger partial charge on any atom is -0.409 e. The molecule has 1 unspecified atom stereocenters. The van der Waals surface area contributed by atoms with Gasteiger partial charge in [0.25, 0.3) is 0 Å². The zero-order valence-corrected chi connectivity index (χ0v) is 9.92. The van der Waals surface area contributed by atoms with Gasteiger partial charge in [0.15, 0.2) is 5.84 Å². The van der Waals surface area contributed by atoms with Crippen molar-refractivity contribution in [2.45, 2.75) is 19.5 Å². The van der Waals surface area contributed by atoms with E-state index >= 15 is 0 Å². The summed E-state index contributed by atoms with van der Waals surface area (Å²) in [5.74, 6) is -3.47. The number of hydrogen-bond acceptors (Lipinski definition) is 4. The van der Waals surface area contributed by atoms with Gasteiger partial charge in [-0.1, -0.05) is 12.1 Å². The molecule has 0 aliphatic heterocycles. The first-order valence-corrected chi connectivity index (χ1v) is 5.34. The van der Waals surface area contributed by atoms with Crippen LogP contribution < -0.4 is 16.4 Å². The van der Waals surface area contributed by atoms with Crippen LogP contribution in [0.2, 0.25) is 0 Å². The molecule has 9 heteroatoms. The number of nitrogens with one attached hydrogen (secondary N) is 2. The molecule has 0 aliphatic carbocycles. The summed E-state index contributed by atoms with van der Waals surface area (Å²) in [6, 6.07) is 0. The number of amides is 1. The summed E-state index contributed by atoms with van der Waals surface area (Å²) in [6.45, 7) is 1.43. The second kappa shape index (κ2) is 7.75. The second-order valence-corrected chi connectivity index (χ2v) is 3.60. The molecule has 0 saturated heterocycles. The van der Waals surface area contributed by atoms with Crippen molar-refractivity contribution in [3.8, 4) is 0 Å². The highest BCUT2D eigenvalue weighted by atomic mass is 19.4. The van der Waals surface area contributed by atoms with Gasteiger partial charge in [0.05, 0.1) is 6.54 Å². The summed E-state index contributed by atoms with van der Waals surface area (Å²) in [7, 11) is 0. The van der Waals surface area contributed by atoms with Crippen LogP contribution in [-0.2, 0) is 4.79 Å². The molecule has 0 saturated carbocycles. The molecular weight excluding hydrogens is 253 g/mol. The third kappa shape index (κ3) is 6.28. The van der Waals surface area contributed by atoms with E-state index in [0.717, 1.165) is 6.42 Å². The summed E-state index contributed by atoms with van der Waals surface area (Å²) in [4.78, 5) is 11.1. The molecule has 0 bridgehead atoms. The topological polar surface area (TPSA) is 99.7 Å². The van der Waals surface area contributed by atoms with Crippen molar-refractivity contribution in [2.24, 2.45) is 16.8 Å². The maximum Gasteiger partial charge on any atom is 0.400 e. The molecule has 0 spiro atoms. The number of nitrogens with two attached hydrogens (primary N) is 1. The molecule has 106 valence electrons. The van der Waals surface area contributed by atoms with Crippen molar-refractivity contribution >= 4 is 11.7 Å². The van der Waals surface area contributed by atoms with E-state index in [1.54, 1.807) is 0 Å². The van der Waals surface area contributed by atoms with Crippen molar-refractivity contribution in [1.29, 1.82) is 0 Å². The Labute approximate surface area is 102 Å². The first kappa shape index (κ1) is 16.5.